The molecule has 1 rings (SSSR count). The summed E-state index contributed by atoms with van der Waals surface area (Å²) in [6.45, 7) is 7.31. The van der Waals surface area contributed by atoms with E-state index in [-0.39, 0.29) is 0 Å². The molecule has 1 aromatic heterocycles. The van der Waals surface area contributed by atoms with E-state index in [9.17, 15) is 0 Å². The predicted octanol–water partition coefficient (Wildman–Crippen LogP) is 2.92. The maximum absolute atomic E-state index is 4.01. The van der Waals surface area contributed by atoms with Gasteiger partial charge in [0.1, 0.15) is 0 Å². The Morgan fingerprint density at radius 1 is 1.25 bits per heavy atom. The van der Waals surface area contributed by atoms with Gasteiger partial charge in [-0.25, -0.2) is 0 Å². The molecule has 0 fully saturated rings. The van der Waals surface area contributed by atoms with Gasteiger partial charge < -0.3 is 0 Å². The zero-order valence-corrected chi connectivity index (χ0v) is 6.90. The molecule has 0 radical (unpaired) electrons. The van der Waals surface area contributed by atoms with Crippen LogP contribution in [0.4, 0.5) is 0 Å². The maximum atomic E-state index is 4.01. The molecule has 12 heavy (non-hydrogen) atoms. The molecule has 0 N–H and O–H groups in total. The van der Waals surface area contributed by atoms with Crippen LogP contribution in [0.25, 0.3) is 12.2 Å². The zero-order valence-electron chi connectivity index (χ0n) is 6.90. The lowest BCUT2D eigenvalue weighted by Crippen LogP contribution is -1.80. The summed E-state index contributed by atoms with van der Waals surface area (Å²) < 4.78 is 0. The normalized spacial score (nSPS) is 10.0. The van der Waals surface area contributed by atoms with Crippen LogP contribution in [0.3, 0.4) is 0 Å². The second-order valence-electron chi connectivity index (χ2n) is 2.30. The van der Waals surface area contributed by atoms with E-state index >= 15 is 0 Å². The van der Waals surface area contributed by atoms with Gasteiger partial charge in [-0.1, -0.05) is 37.5 Å². The minimum Gasteiger partial charge on any atom is -0.264 e. The number of allylic oxidation sites excluding steroid dienone is 2. The van der Waals surface area contributed by atoms with Crippen LogP contribution < -0.4 is 0 Å². The topological polar surface area (TPSA) is 12.9 Å². The van der Waals surface area contributed by atoms with Crippen molar-refractivity contribution in [3.8, 4) is 0 Å². The first-order chi connectivity index (χ1) is 5.88. The highest BCUT2D eigenvalue weighted by molar-refractivity contribution is 5.63. The lowest BCUT2D eigenvalue weighted by molar-refractivity contribution is 1.31. The maximum Gasteiger partial charge on any atom is 0.0346 e. The molecular formula is C11H11N. The Hall–Kier alpha value is -1.63. The largest absolute Gasteiger partial charge is 0.264 e. The third kappa shape index (κ3) is 1.92. The number of rotatable bonds is 3. The van der Waals surface area contributed by atoms with Crippen LogP contribution in [0.2, 0.25) is 0 Å². The van der Waals surface area contributed by atoms with E-state index in [2.05, 4.69) is 18.1 Å². The molecule has 0 unspecified atom stereocenters. The Morgan fingerprint density at radius 3 is 2.75 bits per heavy atom. The van der Waals surface area contributed by atoms with Crippen LogP contribution in [0, 0.1) is 0 Å². The number of aromatic nitrogens is 1. The van der Waals surface area contributed by atoms with Crippen molar-refractivity contribution in [2.24, 2.45) is 0 Å². The van der Waals surface area contributed by atoms with E-state index in [0.29, 0.717) is 0 Å². The van der Waals surface area contributed by atoms with Gasteiger partial charge in [-0.2, -0.15) is 0 Å². The molecular weight excluding hydrogens is 146 g/mol. The highest BCUT2D eigenvalue weighted by atomic mass is 14.6. The van der Waals surface area contributed by atoms with Crippen LogP contribution in [-0.4, -0.2) is 4.98 Å². The van der Waals surface area contributed by atoms with Crippen molar-refractivity contribution in [2.75, 3.05) is 0 Å². The Labute approximate surface area is 72.8 Å². The second-order valence-corrected chi connectivity index (χ2v) is 2.30. The molecule has 0 bridgehead atoms. The molecule has 0 saturated heterocycles. The first kappa shape index (κ1) is 8.47. The predicted molar refractivity (Wildman–Crippen MR) is 53.6 cm³/mol. The van der Waals surface area contributed by atoms with Crippen molar-refractivity contribution < 1.29 is 0 Å². The van der Waals surface area contributed by atoms with Gasteiger partial charge in [0.2, 0.25) is 0 Å². The zero-order chi connectivity index (χ0) is 8.81. The fourth-order valence-electron chi connectivity index (χ4n) is 0.914. The Bertz CT molecular complexity index is 311. The number of pyridine rings is 1. The van der Waals surface area contributed by atoms with Crippen molar-refractivity contribution in [1.82, 2.24) is 4.98 Å². The summed E-state index contributed by atoms with van der Waals surface area (Å²) in [6, 6.07) is 1.93. The molecule has 1 aromatic rings. The third-order valence-electron chi connectivity index (χ3n) is 1.52. The van der Waals surface area contributed by atoms with Crippen LogP contribution in [0.5, 0.6) is 0 Å². The number of nitrogens with zero attached hydrogens (tertiary/aromatic N) is 1. The molecule has 0 aliphatic carbocycles. The molecule has 0 aliphatic rings. The number of hydrogen-bond donors (Lipinski definition) is 0. The molecule has 0 saturated carbocycles. The lowest BCUT2D eigenvalue weighted by atomic mass is 10.1. The quantitative estimate of drug-likeness (QED) is 0.615. The van der Waals surface area contributed by atoms with Crippen molar-refractivity contribution in [3.05, 3.63) is 54.9 Å². The fraction of sp³-hybridized carbons (Fsp3) is 0. The molecule has 0 aliphatic heterocycles. The van der Waals surface area contributed by atoms with Crippen molar-refractivity contribution in [3.63, 3.8) is 0 Å². The van der Waals surface area contributed by atoms with Crippen LogP contribution >= 0.6 is 0 Å². The van der Waals surface area contributed by atoms with Gasteiger partial charge >= 0.3 is 0 Å². The molecule has 1 heterocycles. The van der Waals surface area contributed by atoms with Crippen molar-refractivity contribution in [2.45, 2.75) is 0 Å². The Balaban J connectivity index is 3.04. The van der Waals surface area contributed by atoms with E-state index in [0.717, 1.165) is 11.1 Å². The summed E-state index contributed by atoms with van der Waals surface area (Å²) in [5.41, 5.74) is 2.15. The van der Waals surface area contributed by atoms with Gasteiger partial charge in [-0.3, -0.25) is 4.98 Å². The Kier molecular flexibility index (Phi) is 3.03. The van der Waals surface area contributed by atoms with Crippen LogP contribution in [-0.2, 0) is 0 Å². The average Bonchev–Trinajstić information content (AvgIpc) is 2.15. The minimum atomic E-state index is 1.06. The van der Waals surface area contributed by atoms with Gasteiger partial charge in [0.15, 0.2) is 0 Å². The van der Waals surface area contributed by atoms with E-state index in [1.54, 1.807) is 18.5 Å². The van der Waals surface area contributed by atoms with Gasteiger partial charge in [0.25, 0.3) is 0 Å². The van der Waals surface area contributed by atoms with Gasteiger partial charge in [-0.05, 0) is 17.2 Å². The highest BCUT2D eigenvalue weighted by Crippen LogP contribution is 2.09. The second kappa shape index (κ2) is 4.29. The van der Waals surface area contributed by atoms with E-state index in [1.165, 1.54) is 0 Å². The highest BCUT2D eigenvalue weighted by Gasteiger charge is 1.91. The Morgan fingerprint density at radius 2 is 2.08 bits per heavy atom. The fourth-order valence-corrected chi connectivity index (χ4v) is 0.914. The molecule has 0 aromatic carbocycles. The van der Waals surface area contributed by atoms with Gasteiger partial charge in [0, 0.05) is 12.4 Å². The minimum absolute atomic E-state index is 1.06. The first-order valence-corrected chi connectivity index (χ1v) is 3.74. The molecule has 0 atom stereocenters. The summed E-state index contributed by atoms with van der Waals surface area (Å²) >= 11 is 0. The van der Waals surface area contributed by atoms with E-state index in [4.69, 9.17) is 0 Å². The summed E-state index contributed by atoms with van der Waals surface area (Å²) in [7, 11) is 0. The monoisotopic (exact) mass is 157 g/mol. The van der Waals surface area contributed by atoms with Crippen molar-refractivity contribution in [1.29, 1.82) is 0 Å². The molecule has 0 spiro atoms. The molecule has 1 nitrogen and oxygen atoms in total. The standard InChI is InChI=1S/C11H11N/c1-3-5-6-11-9-12-8-7-10(11)4-2/h3-9H,1-2H2. The molecule has 0 amide bonds. The van der Waals surface area contributed by atoms with Gasteiger partial charge in [0.05, 0.1) is 0 Å². The third-order valence-corrected chi connectivity index (χ3v) is 1.52. The SMILES string of the molecule is C=CC=Cc1cnccc1C=C. The molecule has 1 heteroatoms. The first-order valence-electron chi connectivity index (χ1n) is 3.74. The number of hydrogen-bond acceptors (Lipinski definition) is 1. The lowest BCUT2D eigenvalue weighted by Gasteiger charge is -1.96. The summed E-state index contributed by atoms with van der Waals surface area (Å²) in [4.78, 5) is 4.01. The van der Waals surface area contributed by atoms with E-state index in [1.807, 2.05) is 24.3 Å². The van der Waals surface area contributed by atoms with Crippen molar-refractivity contribution >= 4 is 12.2 Å². The summed E-state index contributed by atoms with van der Waals surface area (Å²) in [5.74, 6) is 0. The molecule has 60 valence electrons. The summed E-state index contributed by atoms with van der Waals surface area (Å²) in [5, 5.41) is 0. The smallest absolute Gasteiger partial charge is 0.0346 e. The summed E-state index contributed by atoms with van der Waals surface area (Å²) in [6.07, 6.45) is 10.9. The van der Waals surface area contributed by atoms with Crippen LogP contribution in [0.1, 0.15) is 11.1 Å². The average molecular weight is 157 g/mol. The van der Waals surface area contributed by atoms with Gasteiger partial charge in [-0.15, -0.1) is 0 Å². The van der Waals surface area contributed by atoms with E-state index < -0.39 is 0 Å². The van der Waals surface area contributed by atoms with Crippen LogP contribution in [0.15, 0.2) is 43.8 Å².